The third-order valence-corrected chi connectivity index (χ3v) is 2.93. The molecule has 1 aromatic heterocycles. The smallest absolute Gasteiger partial charge is 0.165 e. The summed E-state index contributed by atoms with van der Waals surface area (Å²) in [4.78, 5) is 4.02. The molecular weight excluding hydrogens is 285 g/mol. The number of para-hydroxylation sites is 1. The van der Waals surface area contributed by atoms with Crippen LogP contribution in [0.15, 0.2) is 41.6 Å². The molecule has 98 valence electrons. The van der Waals surface area contributed by atoms with Gasteiger partial charge in [0.1, 0.15) is 5.75 Å². The Morgan fingerprint density at radius 3 is 2.74 bits per heavy atom. The quantitative estimate of drug-likeness (QED) is 0.666. The first-order valence-electron chi connectivity index (χ1n) is 5.47. The first kappa shape index (κ1) is 13.6. The highest BCUT2D eigenvalue weighted by atomic mass is 35.5. The molecule has 0 aliphatic rings. The fourth-order valence-corrected chi connectivity index (χ4v) is 1.90. The van der Waals surface area contributed by atoms with E-state index >= 15 is 0 Å². The summed E-state index contributed by atoms with van der Waals surface area (Å²) in [6, 6.07) is 8.51. The Balaban J connectivity index is 2.21. The second-order valence-electron chi connectivity index (χ2n) is 3.81. The molecule has 2 N–H and O–H groups in total. The van der Waals surface area contributed by atoms with Gasteiger partial charge >= 0.3 is 0 Å². The fraction of sp³-hybridized carbons (Fsp3) is 0.0769. The molecule has 19 heavy (non-hydrogen) atoms. The molecule has 0 amide bonds. The Morgan fingerprint density at radius 1 is 1.32 bits per heavy atom. The number of anilines is 1. The van der Waals surface area contributed by atoms with E-state index in [9.17, 15) is 5.11 Å². The van der Waals surface area contributed by atoms with Gasteiger partial charge in [0.2, 0.25) is 0 Å². The first-order chi connectivity index (χ1) is 9.08. The number of hydrazone groups is 1. The summed E-state index contributed by atoms with van der Waals surface area (Å²) >= 11 is 11.7. The van der Waals surface area contributed by atoms with Crippen molar-refractivity contribution in [3.8, 4) is 5.75 Å². The highest BCUT2D eigenvalue weighted by molar-refractivity contribution is 6.35. The Bertz CT molecular complexity index is 629. The van der Waals surface area contributed by atoms with E-state index < -0.39 is 0 Å². The second-order valence-corrected chi connectivity index (χ2v) is 4.65. The van der Waals surface area contributed by atoms with E-state index in [0.29, 0.717) is 27.1 Å². The van der Waals surface area contributed by atoms with Crippen molar-refractivity contribution in [2.45, 2.75) is 6.92 Å². The molecule has 0 saturated carbocycles. The zero-order valence-electron chi connectivity index (χ0n) is 10.1. The molecular formula is C13H11Cl2N3O. The number of hydrogen-bond acceptors (Lipinski definition) is 4. The van der Waals surface area contributed by atoms with Crippen LogP contribution in [0.3, 0.4) is 0 Å². The standard InChI is InChI=1S/C13H11Cl2N3O/c1-8(10-4-2-3-5-12(10)19)17-18-13-11(15)6-9(14)7-16-13/h2-7,19H,1H3,(H,16,18)/b17-8+. The summed E-state index contributed by atoms with van der Waals surface area (Å²) in [5, 5.41) is 14.7. The summed E-state index contributed by atoms with van der Waals surface area (Å²) < 4.78 is 0. The van der Waals surface area contributed by atoms with Crippen LogP contribution in [-0.2, 0) is 0 Å². The van der Waals surface area contributed by atoms with E-state index in [1.54, 1.807) is 31.2 Å². The summed E-state index contributed by atoms with van der Waals surface area (Å²) in [6.45, 7) is 1.77. The molecule has 2 rings (SSSR count). The van der Waals surface area contributed by atoms with Gasteiger partial charge in [-0.3, -0.25) is 5.43 Å². The molecule has 0 unspecified atom stereocenters. The largest absolute Gasteiger partial charge is 0.507 e. The van der Waals surface area contributed by atoms with Crippen molar-refractivity contribution in [1.29, 1.82) is 0 Å². The Hall–Kier alpha value is -1.78. The number of aromatic nitrogens is 1. The minimum absolute atomic E-state index is 0.167. The number of nitrogens with zero attached hydrogens (tertiary/aromatic N) is 2. The van der Waals surface area contributed by atoms with Crippen molar-refractivity contribution < 1.29 is 5.11 Å². The van der Waals surface area contributed by atoms with Gasteiger partial charge in [-0.05, 0) is 25.1 Å². The lowest BCUT2D eigenvalue weighted by molar-refractivity contribution is 0.474. The van der Waals surface area contributed by atoms with E-state index in [1.165, 1.54) is 6.20 Å². The molecule has 0 fully saturated rings. The predicted octanol–water partition coefficient (Wildman–Crippen LogP) is 3.93. The molecule has 1 aromatic carbocycles. The number of aromatic hydroxyl groups is 1. The lowest BCUT2D eigenvalue weighted by Crippen LogP contribution is -2.01. The maximum Gasteiger partial charge on any atom is 0.165 e. The van der Waals surface area contributed by atoms with Crippen molar-refractivity contribution in [1.82, 2.24) is 4.98 Å². The molecule has 1 heterocycles. The van der Waals surface area contributed by atoms with Crippen molar-refractivity contribution in [2.75, 3.05) is 5.43 Å². The van der Waals surface area contributed by atoms with Crippen molar-refractivity contribution >= 4 is 34.7 Å². The van der Waals surface area contributed by atoms with Gasteiger partial charge in [-0.2, -0.15) is 5.10 Å². The van der Waals surface area contributed by atoms with Crippen LogP contribution in [0, 0.1) is 0 Å². The van der Waals surface area contributed by atoms with Crippen molar-refractivity contribution in [3.05, 3.63) is 52.1 Å². The molecule has 6 heteroatoms. The van der Waals surface area contributed by atoms with Crippen molar-refractivity contribution in [2.24, 2.45) is 5.10 Å². The number of hydrogen-bond donors (Lipinski definition) is 2. The molecule has 0 aliphatic carbocycles. The van der Waals surface area contributed by atoms with Crippen LogP contribution in [-0.4, -0.2) is 15.8 Å². The normalized spacial score (nSPS) is 11.4. The number of phenols is 1. The van der Waals surface area contributed by atoms with E-state index in [0.717, 1.165) is 0 Å². The average Bonchev–Trinajstić information content (AvgIpc) is 2.38. The Labute approximate surface area is 120 Å². The van der Waals surface area contributed by atoms with Crippen LogP contribution >= 0.6 is 23.2 Å². The maximum absolute atomic E-state index is 9.70. The van der Waals surface area contributed by atoms with Crippen LogP contribution in [0.4, 0.5) is 5.82 Å². The van der Waals surface area contributed by atoms with Crippen LogP contribution in [0.5, 0.6) is 5.75 Å². The van der Waals surface area contributed by atoms with Gasteiger partial charge in [0, 0.05) is 11.8 Å². The Kier molecular flexibility index (Phi) is 4.24. The van der Waals surface area contributed by atoms with Gasteiger partial charge in [-0.15, -0.1) is 0 Å². The van der Waals surface area contributed by atoms with E-state index in [-0.39, 0.29) is 5.75 Å². The summed E-state index contributed by atoms with van der Waals surface area (Å²) in [6.07, 6.45) is 1.47. The van der Waals surface area contributed by atoms with Crippen LogP contribution in [0.1, 0.15) is 12.5 Å². The van der Waals surface area contributed by atoms with E-state index in [4.69, 9.17) is 23.2 Å². The van der Waals surface area contributed by atoms with Crippen LogP contribution < -0.4 is 5.43 Å². The zero-order chi connectivity index (χ0) is 13.8. The molecule has 0 atom stereocenters. The van der Waals surface area contributed by atoms with Crippen LogP contribution in [0.25, 0.3) is 0 Å². The topological polar surface area (TPSA) is 57.5 Å². The lowest BCUT2D eigenvalue weighted by atomic mass is 10.1. The van der Waals surface area contributed by atoms with Crippen LogP contribution in [0.2, 0.25) is 10.0 Å². The number of halogens is 2. The number of pyridine rings is 1. The first-order valence-corrected chi connectivity index (χ1v) is 6.23. The number of benzene rings is 1. The second kappa shape index (κ2) is 5.91. The third kappa shape index (κ3) is 3.36. The minimum atomic E-state index is 0.167. The number of rotatable bonds is 3. The van der Waals surface area contributed by atoms with Gasteiger partial charge < -0.3 is 5.11 Å². The summed E-state index contributed by atoms with van der Waals surface area (Å²) in [5.41, 5.74) is 4.00. The minimum Gasteiger partial charge on any atom is -0.507 e. The average molecular weight is 296 g/mol. The number of nitrogens with one attached hydrogen (secondary N) is 1. The monoisotopic (exact) mass is 295 g/mol. The summed E-state index contributed by atoms with van der Waals surface area (Å²) in [7, 11) is 0. The molecule has 2 aromatic rings. The highest BCUT2D eigenvalue weighted by Gasteiger charge is 2.05. The van der Waals surface area contributed by atoms with E-state index in [1.807, 2.05) is 6.07 Å². The SMILES string of the molecule is C/C(=N\Nc1ncc(Cl)cc1Cl)c1ccccc1O. The van der Waals surface area contributed by atoms with Gasteiger partial charge in [0.25, 0.3) is 0 Å². The molecule has 0 aliphatic heterocycles. The molecule has 0 bridgehead atoms. The van der Waals surface area contributed by atoms with Gasteiger partial charge in [0.05, 0.1) is 15.8 Å². The third-order valence-electron chi connectivity index (χ3n) is 2.43. The van der Waals surface area contributed by atoms with Gasteiger partial charge in [0.15, 0.2) is 5.82 Å². The molecule has 0 radical (unpaired) electrons. The van der Waals surface area contributed by atoms with Gasteiger partial charge in [-0.25, -0.2) is 4.98 Å². The molecule has 0 saturated heterocycles. The highest BCUT2D eigenvalue weighted by Crippen LogP contribution is 2.23. The zero-order valence-corrected chi connectivity index (χ0v) is 11.6. The maximum atomic E-state index is 9.70. The Morgan fingerprint density at radius 2 is 2.05 bits per heavy atom. The fourth-order valence-electron chi connectivity index (χ4n) is 1.47. The van der Waals surface area contributed by atoms with Crippen molar-refractivity contribution in [3.63, 3.8) is 0 Å². The predicted molar refractivity (Wildman–Crippen MR) is 78.2 cm³/mol. The van der Waals surface area contributed by atoms with Gasteiger partial charge in [-0.1, -0.05) is 35.3 Å². The number of phenolic OH excluding ortho intramolecular Hbond substituents is 1. The molecule has 4 nitrogen and oxygen atoms in total. The lowest BCUT2D eigenvalue weighted by Gasteiger charge is -2.06. The summed E-state index contributed by atoms with van der Waals surface area (Å²) in [5.74, 6) is 0.571. The molecule has 0 spiro atoms. The van der Waals surface area contributed by atoms with E-state index in [2.05, 4.69) is 15.5 Å².